The van der Waals surface area contributed by atoms with Crippen molar-refractivity contribution < 1.29 is 18.9 Å². The second kappa shape index (κ2) is 26.7. The first-order chi connectivity index (χ1) is 32.6. The van der Waals surface area contributed by atoms with Gasteiger partial charge in [-0.25, -0.2) is 19.9 Å². The van der Waals surface area contributed by atoms with Crippen LogP contribution in [0.3, 0.4) is 0 Å². The van der Waals surface area contributed by atoms with Crippen molar-refractivity contribution >= 4 is 79.8 Å². The van der Waals surface area contributed by atoms with Crippen LogP contribution in [0.1, 0.15) is 50.7 Å². The molecule has 0 spiro atoms. The average molecular weight is 952 g/mol. The number of benzene rings is 2. The number of nitrogens with one attached hydrogen (secondary N) is 3. The lowest BCUT2D eigenvalue weighted by atomic mass is 10.2. The summed E-state index contributed by atoms with van der Waals surface area (Å²) < 4.78 is 20.9. The molecule has 67 heavy (non-hydrogen) atoms. The van der Waals surface area contributed by atoms with Gasteiger partial charge in [0.2, 0.25) is 17.2 Å². The van der Waals surface area contributed by atoms with Gasteiger partial charge in [-0.1, -0.05) is 44.4 Å². The van der Waals surface area contributed by atoms with E-state index in [4.69, 9.17) is 53.6 Å². The third kappa shape index (κ3) is 14.9. The summed E-state index contributed by atoms with van der Waals surface area (Å²) in [6, 6.07) is 22.4. The van der Waals surface area contributed by atoms with Gasteiger partial charge in [-0.05, 0) is 79.0 Å². The molecule has 6 heterocycles. The standard InChI is InChI=1S/C20H25N5O2.C11H15N5.C9H13NO2.C7H3Cl2N3/c1-4-5-10-22-19-18-16(7-6-11-21-18)24-20(25-19)23-13-14-8-9-15(26-2)12-17(14)27-3;1-2-3-6-14-10-9-8(5-4-7-13-9)15-11(12)16-10;1-11-8-4-3-7(6-10)9(5-8)12-2;8-6-5-4(2-1-3-10-5)11-7(9)12-6/h6-9,11-12H,4-5,10,13H2,1-3H3,(H2,22,23,24,25);4-5,7H,2-3,6H2,1H3,(H3,12,14,15,16);3-5H,6,10H2,1-2H3;1-3H. The molecule has 20 heteroatoms. The zero-order chi connectivity index (χ0) is 48.0. The lowest BCUT2D eigenvalue weighted by Gasteiger charge is -2.13. The molecule has 0 aliphatic heterocycles. The summed E-state index contributed by atoms with van der Waals surface area (Å²) in [5.41, 5.74) is 17.5. The molecule has 0 saturated carbocycles. The zero-order valence-electron chi connectivity index (χ0n) is 38.4. The van der Waals surface area contributed by atoms with Crippen molar-refractivity contribution in [1.82, 2.24) is 44.9 Å². The Balaban J connectivity index is 0.000000179. The van der Waals surface area contributed by atoms with Crippen molar-refractivity contribution in [2.24, 2.45) is 5.73 Å². The monoisotopic (exact) mass is 950 g/mol. The van der Waals surface area contributed by atoms with Crippen LogP contribution in [0, 0.1) is 0 Å². The molecule has 0 aliphatic rings. The Morgan fingerprint density at radius 2 is 1.06 bits per heavy atom. The van der Waals surface area contributed by atoms with E-state index in [1.807, 2.05) is 60.7 Å². The van der Waals surface area contributed by atoms with E-state index < -0.39 is 0 Å². The summed E-state index contributed by atoms with van der Waals surface area (Å²) in [5.74, 6) is 5.36. The third-order valence-electron chi connectivity index (χ3n) is 9.60. The Labute approximate surface area is 399 Å². The minimum atomic E-state index is 0.139. The van der Waals surface area contributed by atoms with E-state index in [9.17, 15) is 0 Å². The molecule has 6 aromatic heterocycles. The largest absolute Gasteiger partial charge is 0.497 e. The average Bonchev–Trinajstić information content (AvgIpc) is 3.36. The van der Waals surface area contributed by atoms with E-state index in [-0.39, 0.29) is 16.4 Å². The highest BCUT2D eigenvalue weighted by molar-refractivity contribution is 6.35. The number of methoxy groups -OCH3 is 4. The number of nitrogens with zero attached hydrogens (tertiary/aromatic N) is 9. The van der Waals surface area contributed by atoms with Crippen molar-refractivity contribution in [2.45, 2.75) is 52.6 Å². The number of nitrogen functional groups attached to an aromatic ring is 1. The quantitative estimate of drug-likeness (QED) is 0.0344. The number of rotatable bonds is 16. The molecule has 0 saturated heterocycles. The fraction of sp³-hybridized carbons (Fsp3) is 0.298. The van der Waals surface area contributed by atoms with Crippen LogP contribution in [0.25, 0.3) is 33.1 Å². The Hall–Kier alpha value is -7.15. The van der Waals surface area contributed by atoms with Gasteiger partial charge in [0, 0.05) is 68.0 Å². The van der Waals surface area contributed by atoms with Gasteiger partial charge in [0.25, 0.3) is 0 Å². The predicted octanol–water partition coefficient (Wildman–Crippen LogP) is 9.18. The van der Waals surface area contributed by atoms with Crippen LogP contribution in [-0.4, -0.2) is 86.4 Å². The number of halogens is 2. The second-order valence-corrected chi connectivity index (χ2v) is 14.9. The Morgan fingerprint density at radius 1 is 0.552 bits per heavy atom. The minimum absolute atomic E-state index is 0.139. The zero-order valence-corrected chi connectivity index (χ0v) is 39.9. The Morgan fingerprint density at radius 3 is 1.60 bits per heavy atom. The molecule has 0 aliphatic carbocycles. The van der Waals surface area contributed by atoms with Crippen LogP contribution < -0.4 is 46.4 Å². The molecule has 0 atom stereocenters. The molecule has 18 nitrogen and oxygen atoms in total. The number of aromatic nitrogens is 9. The van der Waals surface area contributed by atoms with Gasteiger partial charge in [0.05, 0.1) is 45.0 Å². The normalized spacial score (nSPS) is 10.4. The SMILES string of the molecule is CCCCNc1nc(N)nc2cccnc12.CCCCNc1nc(NCc2ccc(OC)cc2OC)nc2cccnc12.COc1ccc(CN)c(OC)c1.Clc1nc(Cl)c2ncccc2n1. The molecule has 0 fully saturated rings. The first-order valence-electron chi connectivity index (χ1n) is 21.4. The van der Waals surface area contributed by atoms with Crippen molar-refractivity contribution in [3.8, 4) is 23.0 Å². The van der Waals surface area contributed by atoms with Gasteiger partial charge in [-0.15, -0.1) is 0 Å². The van der Waals surface area contributed by atoms with Crippen LogP contribution in [0.2, 0.25) is 10.4 Å². The molecule has 352 valence electrons. The second-order valence-electron chi connectivity index (χ2n) is 14.2. The van der Waals surface area contributed by atoms with Crippen molar-refractivity contribution in [3.05, 3.63) is 113 Å². The van der Waals surface area contributed by atoms with Crippen LogP contribution in [-0.2, 0) is 13.1 Å². The van der Waals surface area contributed by atoms with E-state index in [2.05, 4.69) is 74.7 Å². The molecular weight excluding hydrogens is 896 g/mol. The maximum absolute atomic E-state index is 5.76. The van der Waals surface area contributed by atoms with Gasteiger partial charge in [-0.3, -0.25) is 15.0 Å². The number of hydrogen-bond donors (Lipinski definition) is 5. The van der Waals surface area contributed by atoms with Gasteiger partial charge in [-0.2, -0.15) is 9.97 Å². The van der Waals surface area contributed by atoms with Gasteiger partial charge >= 0.3 is 0 Å². The lowest BCUT2D eigenvalue weighted by Crippen LogP contribution is -2.09. The molecule has 0 bridgehead atoms. The van der Waals surface area contributed by atoms with E-state index in [1.165, 1.54) is 0 Å². The molecule has 0 radical (unpaired) electrons. The van der Waals surface area contributed by atoms with Gasteiger partial charge < -0.3 is 46.4 Å². The van der Waals surface area contributed by atoms with Crippen molar-refractivity contribution in [1.29, 1.82) is 0 Å². The summed E-state index contributed by atoms with van der Waals surface area (Å²) in [6.45, 7) is 7.05. The highest BCUT2D eigenvalue weighted by atomic mass is 35.5. The summed E-state index contributed by atoms with van der Waals surface area (Å²) in [7, 11) is 6.52. The number of nitrogens with two attached hydrogens (primary N) is 2. The van der Waals surface area contributed by atoms with E-state index in [0.29, 0.717) is 30.1 Å². The molecule has 2 aromatic carbocycles. The third-order valence-corrected chi connectivity index (χ3v) is 10.0. The number of ether oxygens (including phenoxy) is 4. The van der Waals surface area contributed by atoms with E-state index in [1.54, 1.807) is 59.2 Å². The molecule has 7 N–H and O–H groups in total. The maximum atomic E-state index is 5.76. The van der Waals surface area contributed by atoms with Gasteiger partial charge in [0.15, 0.2) is 16.8 Å². The highest BCUT2D eigenvalue weighted by Crippen LogP contribution is 2.27. The summed E-state index contributed by atoms with van der Waals surface area (Å²) in [4.78, 5) is 37.9. The predicted molar refractivity (Wildman–Crippen MR) is 268 cm³/mol. The minimum Gasteiger partial charge on any atom is -0.497 e. The Bertz CT molecular complexity index is 2810. The van der Waals surface area contributed by atoms with Crippen LogP contribution in [0.4, 0.5) is 23.5 Å². The molecule has 0 unspecified atom stereocenters. The first-order valence-corrected chi connectivity index (χ1v) is 22.2. The molecular formula is C47H56Cl2N14O4. The van der Waals surface area contributed by atoms with Crippen LogP contribution in [0.5, 0.6) is 23.0 Å². The van der Waals surface area contributed by atoms with E-state index in [0.717, 1.165) is 107 Å². The molecule has 8 aromatic rings. The number of anilines is 4. The summed E-state index contributed by atoms with van der Waals surface area (Å²) in [5, 5.41) is 10.3. The fourth-order valence-corrected chi connectivity index (χ4v) is 6.59. The topological polar surface area (TPSA) is 241 Å². The first kappa shape index (κ1) is 50.8. The molecule has 8 rings (SSSR count). The van der Waals surface area contributed by atoms with Crippen molar-refractivity contribution in [2.75, 3.05) is 63.2 Å². The van der Waals surface area contributed by atoms with Gasteiger partial charge in [0.1, 0.15) is 39.5 Å². The summed E-state index contributed by atoms with van der Waals surface area (Å²) >= 11 is 11.4. The molecule has 0 amide bonds. The maximum Gasteiger partial charge on any atom is 0.225 e. The number of fused-ring (bicyclic) bond motifs is 3. The fourth-order valence-electron chi connectivity index (χ4n) is 6.14. The van der Waals surface area contributed by atoms with Crippen LogP contribution in [0.15, 0.2) is 91.4 Å². The van der Waals surface area contributed by atoms with Crippen molar-refractivity contribution in [3.63, 3.8) is 0 Å². The Kier molecular flexibility index (Phi) is 20.3. The lowest BCUT2D eigenvalue weighted by molar-refractivity contribution is 0.391. The van der Waals surface area contributed by atoms with Crippen LogP contribution >= 0.6 is 23.2 Å². The smallest absolute Gasteiger partial charge is 0.225 e. The number of hydrogen-bond acceptors (Lipinski definition) is 18. The van der Waals surface area contributed by atoms with E-state index >= 15 is 0 Å². The number of pyridine rings is 3. The highest BCUT2D eigenvalue weighted by Gasteiger charge is 2.11. The summed E-state index contributed by atoms with van der Waals surface area (Å²) in [6.07, 6.45) is 9.54. The number of unbranched alkanes of at least 4 members (excludes halogenated alkanes) is 2.